The molecule has 2 heteroatoms. The van der Waals surface area contributed by atoms with Gasteiger partial charge in [0.25, 0.3) is 0 Å². The normalized spacial score (nSPS) is 10.9. The van der Waals surface area contributed by atoms with E-state index >= 15 is 0 Å². The van der Waals surface area contributed by atoms with Gasteiger partial charge >= 0.3 is 0 Å². The molecule has 0 unspecified atom stereocenters. The Morgan fingerprint density at radius 2 is 1.57 bits per heavy atom. The molecular weight excluding hydrogens is 256 g/mol. The van der Waals surface area contributed by atoms with E-state index in [2.05, 4.69) is 91.8 Å². The third-order valence-electron chi connectivity index (χ3n) is 4.10. The Morgan fingerprint density at radius 1 is 0.857 bits per heavy atom. The first kappa shape index (κ1) is 13.6. The maximum absolute atomic E-state index is 2.30. The smallest absolute Gasteiger partial charge is 0.125 e. The Hall–Kier alpha value is -2.35. The van der Waals surface area contributed by atoms with E-state index in [-0.39, 0.29) is 0 Å². The van der Waals surface area contributed by atoms with Crippen LogP contribution in [0.4, 0.5) is 0 Å². The fraction of sp³-hybridized carbons (Fsp3) is 0.211. The van der Waals surface area contributed by atoms with Crippen LogP contribution in [0.25, 0.3) is 16.8 Å². The Morgan fingerprint density at radius 3 is 2.19 bits per heavy atom. The van der Waals surface area contributed by atoms with Gasteiger partial charge < -0.3 is 0 Å². The van der Waals surface area contributed by atoms with Gasteiger partial charge in [0.15, 0.2) is 7.05 Å². The number of nitrogens with zero attached hydrogens (tertiary/aromatic N) is 2. The zero-order valence-electron chi connectivity index (χ0n) is 13.1. The summed E-state index contributed by atoms with van der Waals surface area (Å²) in [6, 6.07) is 19.3. The highest BCUT2D eigenvalue weighted by molar-refractivity contribution is 5.74. The molecule has 21 heavy (non-hydrogen) atoms. The summed E-state index contributed by atoms with van der Waals surface area (Å²) in [5.74, 6) is 0. The number of aryl methyl sites for hydroxylation is 3. The van der Waals surface area contributed by atoms with Crippen molar-refractivity contribution in [2.75, 3.05) is 0 Å². The van der Waals surface area contributed by atoms with E-state index < -0.39 is 0 Å². The first-order valence-corrected chi connectivity index (χ1v) is 7.30. The lowest BCUT2D eigenvalue weighted by atomic mass is 10.0. The predicted octanol–water partition coefficient (Wildman–Crippen LogP) is 3.89. The molecule has 1 heterocycles. The van der Waals surface area contributed by atoms with E-state index in [0.29, 0.717) is 0 Å². The number of para-hydroxylation sites is 1. The van der Waals surface area contributed by atoms with Crippen LogP contribution in [0.2, 0.25) is 0 Å². The molecule has 0 aliphatic carbocycles. The number of benzene rings is 2. The molecule has 2 nitrogen and oxygen atoms in total. The lowest BCUT2D eigenvalue weighted by Crippen LogP contribution is -2.41. The number of aromatic nitrogens is 2. The lowest BCUT2D eigenvalue weighted by Gasteiger charge is -2.13. The van der Waals surface area contributed by atoms with Crippen molar-refractivity contribution in [1.82, 2.24) is 4.68 Å². The molecule has 3 rings (SSSR count). The third-order valence-corrected chi connectivity index (χ3v) is 4.10. The van der Waals surface area contributed by atoms with Gasteiger partial charge in [-0.15, -0.1) is 9.36 Å². The standard InChI is InChI=1S/C19H21N2/c1-14-9-8-12-18(17-10-6-5-7-11-17)19(14)21-16(3)13-15(2)20(21)4/h5-13H,1-4H3/q+1. The fourth-order valence-corrected chi connectivity index (χ4v) is 2.97. The van der Waals surface area contributed by atoms with Crippen LogP contribution >= 0.6 is 0 Å². The molecule has 0 spiro atoms. The quantitative estimate of drug-likeness (QED) is 0.628. The Kier molecular flexibility index (Phi) is 3.38. The van der Waals surface area contributed by atoms with Crippen molar-refractivity contribution in [3.63, 3.8) is 0 Å². The van der Waals surface area contributed by atoms with E-state index in [1.165, 1.54) is 33.8 Å². The van der Waals surface area contributed by atoms with Gasteiger partial charge in [-0.25, -0.2) is 0 Å². The van der Waals surface area contributed by atoms with Crippen molar-refractivity contribution >= 4 is 0 Å². The highest BCUT2D eigenvalue weighted by atomic mass is 15.4. The molecule has 0 bridgehead atoms. The molecule has 2 aromatic carbocycles. The SMILES string of the molecule is Cc1cccc(-c2ccccc2)c1-n1c(C)cc(C)[n+]1C. The fourth-order valence-electron chi connectivity index (χ4n) is 2.97. The minimum Gasteiger partial charge on any atom is -0.125 e. The molecule has 0 aliphatic rings. The zero-order chi connectivity index (χ0) is 15.0. The summed E-state index contributed by atoms with van der Waals surface area (Å²) in [6.07, 6.45) is 0. The molecule has 0 saturated heterocycles. The maximum atomic E-state index is 2.30. The van der Waals surface area contributed by atoms with Crippen LogP contribution in [0.3, 0.4) is 0 Å². The highest BCUT2D eigenvalue weighted by Crippen LogP contribution is 2.29. The minimum atomic E-state index is 1.25. The van der Waals surface area contributed by atoms with Crippen LogP contribution in [0, 0.1) is 20.8 Å². The Labute approximate surface area is 126 Å². The van der Waals surface area contributed by atoms with E-state index in [1.54, 1.807) is 0 Å². The second kappa shape index (κ2) is 5.21. The summed E-state index contributed by atoms with van der Waals surface area (Å²) < 4.78 is 4.51. The van der Waals surface area contributed by atoms with Crippen LogP contribution in [0.15, 0.2) is 54.6 Å². The van der Waals surface area contributed by atoms with Crippen LogP contribution in [0.1, 0.15) is 17.0 Å². The van der Waals surface area contributed by atoms with Crippen LogP contribution < -0.4 is 4.68 Å². The largest absolute Gasteiger partial charge is 0.205 e. The van der Waals surface area contributed by atoms with Gasteiger partial charge in [0.05, 0.1) is 5.69 Å². The summed E-state index contributed by atoms with van der Waals surface area (Å²) >= 11 is 0. The maximum Gasteiger partial charge on any atom is 0.205 e. The van der Waals surface area contributed by atoms with E-state index in [1.807, 2.05) is 0 Å². The summed E-state index contributed by atoms with van der Waals surface area (Å²) in [5, 5.41) is 0. The summed E-state index contributed by atoms with van der Waals surface area (Å²) in [4.78, 5) is 0. The minimum absolute atomic E-state index is 1.25. The van der Waals surface area contributed by atoms with Gasteiger partial charge in [-0.2, -0.15) is 0 Å². The van der Waals surface area contributed by atoms with E-state index in [9.17, 15) is 0 Å². The molecule has 0 radical (unpaired) electrons. The third kappa shape index (κ3) is 2.27. The van der Waals surface area contributed by atoms with Gasteiger partial charge in [-0.1, -0.05) is 48.5 Å². The highest BCUT2D eigenvalue weighted by Gasteiger charge is 2.20. The Bertz CT molecular complexity index is 783. The predicted molar refractivity (Wildman–Crippen MR) is 86.6 cm³/mol. The molecule has 0 aliphatic heterocycles. The number of rotatable bonds is 2. The van der Waals surface area contributed by atoms with E-state index in [0.717, 1.165) is 0 Å². The van der Waals surface area contributed by atoms with Crippen molar-refractivity contribution in [1.29, 1.82) is 0 Å². The Balaban J connectivity index is 2.33. The van der Waals surface area contributed by atoms with Crippen LogP contribution in [0.5, 0.6) is 0 Å². The number of hydrogen-bond acceptors (Lipinski definition) is 0. The van der Waals surface area contributed by atoms with Crippen molar-refractivity contribution < 1.29 is 4.68 Å². The monoisotopic (exact) mass is 277 g/mol. The van der Waals surface area contributed by atoms with Crippen molar-refractivity contribution in [2.24, 2.45) is 7.05 Å². The first-order chi connectivity index (χ1) is 10.1. The molecule has 106 valence electrons. The average Bonchev–Trinajstić information content (AvgIpc) is 2.73. The average molecular weight is 277 g/mol. The zero-order valence-corrected chi connectivity index (χ0v) is 13.1. The van der Waals surface area contributed by atoms with Crippen LogP contribution in [-0.2, 0) is 7.05 Å². The molecule has 3 aromatic rings. The molecule has 0 amide bonds. The topological polar surface area (TPSA) is 8.81 Å². The summed E-state index contributed by atoms with van der Waals surface area (Å²) in [5.41, 5.74) is 7.57. The molecule has 0 atom stereocenters. The summed E-state index contributed by atoms with van der Waals surface area (Å²) in [7, 11) is 2.11. The second-order valence-corrected chi connectivity index (χ2v) is 5.60. The van der Waals surface area contributed by atoms with Gasteiger partial charge in [0, 0.05) is 18.6 Å². The molecule has 0 saturated carbocycles. The van der Waals surface area contributed by atoms with Gasteiger partial charge in [-0.3, -0.25) is 0 Å². The van der Waals surface area contributed by atoms with E-state index in [4.69, 9.17) is 0 Å². The van der Waals surface area contributed by atoms with Gasteiger partial charge in [-0.05, 0) is 25.0 Å². The molecule has 0 fully saturated rings. The van der Waals surface area contributed by atoms with Crippen molar-refractivity contribution in [3.8, 4) is 16.8 Å². The molecule has 0 N–H and O–H groups in total. The van der Waals surface area contributed by atoms with Gasteiger partial charge in [0.2, 0.25) is 5.69 Å². The molecular formula is C19H21N2+. The van der Waals surface area contributed by atoms with Crippen molar-refractivity contribution in [2.45, 2.75) is 20.8 Å². The second-order valence-electron chi connectivity index (χ2n) is 5.60. The summed E-state index contributed by atoms with van der Waals surface area (Å²) in [6.45, 7) is 6.48. The first-order valence-electron chi connectivity index (χ1n) is 7.30. The number of hydrogen-bond donors (Lipinski definition) is 0. The van der Waals surface area contributed by atoms with Gasteiger partial charge in [0.1, 0.15) is 5.69 Å². The molecule has 1 aromatic heterocycles. The lowest BCUT2D eigenvalue weighted by molar-refractivity contribution is -0.749. The van der Waals surface area contributed by atoms with Crippen LogP contribution in [-0.4, -0.2) is 4.68 Å². The van der Waals surface area contributed by atoms with Crippen molar-refractivity contribution in [3.05, 3.63) is 71.5 Å².